The normalized spacial score (nSPS) is 13.8. The van der Waals surface area contributed by atoms with Crippen LogP contribution in [0.25, 0.3) is 10.2 Å². The molecule has 1 amide bonds. The first-order valence-electron chi connectivity index (χ1n) is 10.1. The highest BCUT2D eigenvalue weighted by Gasteiger charge is 2.19. The number of hydrogen-bond acceptors (Lipinski definition) is 5. The highest BCUT2D eigenvalue weighted by Crippen LogP contribution is 2.32. The molecule has 0 saturated heterocycles. The van der Waals surface area contributed by atoms with Crippen LogP contribution in [0.1, 0.15) is 47.5 Å². The first kappa shape index (κ1) is 20.2. The summed E-state index contributed by atoms with van der Waals surface area (Å²) in [6.07, 6.45) is 8.35. The summed E-state index contributed by atoms with van der Waals surface area (Å²) in [7, 11) is 0. The maximum atomic E-state index is 12.7. The zero-order valence-corrected chi connectivity index (χ0v) is 18.2. The minimum absolute atomic E-state index is 0.0383. The van der Waals surface area contributed by atoms with Gasteiger partial charge in [0.05, 0.1) is 5.39 Å². The second kappa shape index (κ2) is 9.13. The number of H-pyrrole nitrogens is 1. The summed E-state index contributed by atoms with van der Waals surface area (Å²) in [5.41, 5.74) is 2.22. The van der Waals surface area contributed by atoms with Crippen LogP contribution in [0.3, 0.4) is 0 Å². The fourth-order valence-corrected chi connectivity index (χ4v) is 5.46. The molecule has 2 N–H and O–H groups in total. The van der Waals surface area contributed by atoms with Crippen molar-refractivity contribution in [2.24, 2.45) is 0 Å². The molecule has 1 aromatic carbocycles. The zero-order valence-electron chi connectivity index (χ0n) is 16.5. The molecule has 0 radical (unpaired) electrons. The number of carbonyl (C=O) groups is 1. The molecule has 7 heteroatoms. The molecule has 0 fully saturated rings. The molecule has 2 heterocycles. The second-order valence-electron chi connectivity index (χ2n) is 7.38. The van der Waals surface area contributed by atoms with Gasteiger partial charge in [-0.05, 0) is 55.2 Å². The predicted octanol–water partition coefficient (Wildman–Crippen LogP) is 4.22. The molecule has 2 aromatic heterocycles. The molecule has 0 saturated carbocycles. The first-order chi connectivity index (χ1) is 14.1. The Morgan fingerprint density at radius 1 is 1.21 bits per heavy atom. The van der Waals surface area contributed by atoms with Gasteiger partial charge in [-0.2, -0.15) is 0 Å². The Hall–Kier alpha value is -2.12. The van der Waals surface area contributed by atoms with E-state index in [0.717, 1.165) is 35.0 Å². The highest BCUT2D eigenvalue weighted by atomic mass is 32.2. The van der Waals surface area contributed by atoms with E-state index in [9.17, 15) is 9.59 Å². The molecule has 0 unspecified atom stereocenters. The smallest absolute Gasteiger partial charge is 0.259 e. The number of benzene rings is 1. The maximum absolute atomic E-state index is 12.7. The van der Waals surface area contributed by atoms with E-state index in [-0.39, 0.29) is 11.5 Å². The Morgan fingerprint density at radius 2 is 2.00 bits per heavy atom. The number of aromatic amines is 1. The number of nitrogens with zero attached hydrogens (tertiary/aromatic N) is 1. The van der Waals surface area contributed by atoms with Crippen molar-refractivity contribution in [3.63, 3.8) is 0 Å². The van der Waals surface area contributed by atoms with E-state index >= 15 is 0 Å². The molecule has 29 heavy (non-hydrogen) atoms. The van der Waals surface area contributed by atoms with Crippen LogP contribution in [-0.2, 0) is 30.6 Å². The van der Waals surface area contributed by atoms with Crippen LogP contribution in [0.4, 0.5) is 0 Å². The van der Waals surface area contributed by atoms with Gasteiger partial charge in [-0.25, -0.2) is 4.98 Å². The lowest BCUT2D eigenvalue weighted by molar-refractivity contribution is -0.121. The number of amides is 1. The molecule has 3 aromatic rings. The Kier molecular flexibility index (Phi) is 6.35. The molecule has 5 nitrogen and oxygen atoms in total. The van der Waals surface area contributed by atoms with E-state index in [2.05, 4.69) is 27.4 Å². The van der Waals surface area contributed by atoms with E-state index in [4.69, 9.17) is 0 Å². The fourth-order valence-electron chi connectivity index (χ4n) is 3.77. The van der Waals surface area contributed by atoms with E-state index in [1.54, 1.807) is 23.1 Å². The quantitative estimate of drug-likeness (QED) is 0.456. The topological polar surface area (TPSA) is 74.8 Å². The largest absolute Gasteiger partial charge is 0.352 e. The molecule has 0 bridgehead atoms. The van der Waals surface area contributed by atoms with Gasteiger partial charge in [0.2, 0.25) is 5.91 Å². The van der Waals surface area contributed by atoms with Crippen LogP contribution in [0, 0.1) is 0 Å². The van der Waals surface area contributed by atoms with Crippen molar-refractivity contribution in [2.75, 3.05) is 6.26 Å². The number of nitrogens with one attached hydrogen (secondary N) is 2. The van der Waals surface area contributed by atoms with Crippen LogP contribution in [-0.4, -0.2) is 22.1 Å². The summed E-state index contributed by atoms with van der Waals surface area (Å²) in [6, 6.07) is 8.16. The Morgan fingerprint density at radius 3 is 2.79 bits per heavy atom. The van der Waals surface area contributed by atoms with Crippen molar-refractivity contribution >= 4 is 39.2 Å². The van der Waals surface area contributed by atoms with Crippen molar-refractivity contribution in [3.05, 3.63) is 56.4 Å². The summed E-state index contributed by atoms with van der Waals surface area (Å²) < 4.78 is 0. The van der Waals surface area contributed by atoms with Gasteiger partial charge in [0, 0.05) is 29.2 Å². The van der Waals surface area contributed by atoms with E-state index in [0.29, 0.717) is 25.2 Å². The summed E-state index contributed by atoms with van der Waals surface area (Å²) in [4.78, 5) is 35.8. The van der Waals surface area contributed by atoms with E-state index < -0.39 is 0 Å². The van der Waals surface area contributed by atoms with Crippen molar-refractivity contribution in [1.82, 2.24) is 15.3 Å². The predicted molar refractivity (Wildman–Crippen MR) is 120 cm³/mol. The van der Waals surface area contributed by atoms with E-state index in [1.165, 1.54) is 28.2 Å². The highest BCUT2D eigenvalue weighted by molar-refractivity contribution is 7.98. The molecule has 0 atom stereocenters. The van der Waals surface area contributed by atoms with Gasteiger partial charge in [0.1, 0.15) is 10.7 Å². The Labute approximate surface area is 178 Å². The zero-order chi connectivity index (χ0) is 20.2. The third-order valence-electron chi connectivity index (χ3n) is 5.36. The van der Waals surface area contributed by atoms with Crippen molar-refractivity contribution in [1.29, 1.82) is 0 Å². The minimum atomic E-state index is -0.0568. The van der Waals surface area contributed by atoms with Crippen molar-refractivity contribution in [2.45, 2.75) is 56.4 Å². The van der Waals surface area contributed by atoms with Gasteiger partial charge >= 0.3 is 0 Å². The van der Waals surface area contributed by atoms with Crippen LogP contribution in [0.15, 0.2) is 34.0 Å². The van der Waals surface area contributed by atoms with Crippen LogP contribution in [0.5, 0.6) is 0 Å². The number of aromatic nitrogens is 2. The van der Waals surface area contributed by atoms with Gasteiger partial charge in [-0.1, -0.05) is 18.6 Å². The Balaban J connectivity index is 1.39. The number of fused-ring (bicyclic) bond motifs is 3. The second-order valence-corrected chi connectivity index (χ2v) is 9.35. The third-order valence-corrected chi connectivity index (χ3v) is 7.29. The molecule has 0 aliphatic heterocycles. The number of carbonyl (C=O) groups excluding carboxylic acids is 1. The molecular weight excluding hydrogens is 402 g/mol. The number of thiophene rings is 1. The van der Waals surface area contributed by atoms with Gasteiger partial charge in [-0.15, -0.1) is 23.1 Å². The van der Waals surface area contributed by atoms with Crippen LogP contribution < -0.4 is 10.9 Å². The lowest BCUT2D eigenvalue weighted by Gasteiger charge is -2.06. The molecule has 0 spiro atoms. The number of thioether (sulfide) groups is 1. The molecule has 152 valence electrons. The van der Waals surface area contributed by atoms with Crippen molar-refractivity contribution in [3.8, 4) is 0 Å². The number of rotatable bonds is 6. The summed E-state index contributed by atoms with van der Waals surface area (Å²) >= 11 is 3.35. The Bertz CT molecular complexity index is 1070. The summed E-state index contributed by atoms with van der Waals surface area (Å²) in [6.45, 7) is 0.508. The van der Waals surface area contributed by atoms with Gasteiger partial charge < -0.3 is 10.3 Å². The average molecular weight is 428 g/mol. The fraction of sp³-hybridized carbons (Fsp3) is 0.409. The minimum Gasteiger partial charge on any atom is -0.352 e. The SMILES string of the molecule is CSc1ccc(CNC(=O)CCc2nc3sc4c(c3c(=O)[nH]2)CCCCC4)cc1. The number of aryl methyl sites for hydroxylation is 3. The molecule has 4 rings (SSSR count). The lowest BCUT2D eigenvalue weighted by Crippen LogP contribution is -2.23. The standard InChI is InChI=1S/C22H25N3O2S2/c1-28-15-9-7-14(8-10-15)13-23-19(26)12-11-18-24-21(27)20-16-5-3-2-4-6-17(16)29-22(20)25-18/h7-10H,2-6,11-13H2,1H3,(H,23,26)(H,24,25,27). The van der Waals surface area contributed by atoms with E-state index in [1.807, 2.05) is 18.4 Å². The lowest BCUT2D eigenvalue weighted by atomic mass is 10.1. The first-order valence-corrected chi connectivity index (χ1v) is 12.1. The van der Waals surface area contributed by atoms with Gasteiger partial charge in [0.15, 0.2) is 0 Å². The maximum Gasteiger partial charge on any atom is 0.259 e. The molecule has 1 aliphatic rings. The third kappa shape index (κ3) is 4.73. The average Bonchev–Trinajstić information content (AvgIpc) is 2.93. The van der Waals surface area contributed by atoms with Crippen LogP contribution in [0.2, 0.25) is 0 Å². The summed E-state index contributed by atoms with van der Waals surface area (Å²) in [5, 5.41) is 3.71. The van der Waals surface area contributed by atoms with Gasteiger partial charge in [-0.3, -0.25) is 9.59 Å². The van der Waals surface area contributed by atoms with Crippen molar-refractivity contribution < 1.29 is 4.79 Å². The monoisotopic (exact) mass is 427 g/mol. The number of hydrogen-bond donors (Lipinski definition) is 2. The van der Waals surface area contributed by atoms with Gasteiger partial charge in [0.25, 0.3) is 5.56 Å². The summed E-state index contributed by atoms with van der Waals surface area (Å²) in [5.74, 6) is 0.557. The molecule has 1 aliphatic carbocycles. The van der Waals surface area contributed by atoms with Crippen LogP contribution >= 0.6 is 23.1 Å². The molecular formula is C22H25N3O2S2.